The molecule has 7 nitrogen and oxygen atoms in total. The fraction of sp³-hybridized carbons (Fsp3) is 0.455. The Morgan fingerprint density at radius 3 is 1.72 bits per heavy atom. The molecule has 3 rings (SSSR count). The van der Waals surface area contributed by atoms with Crippen LogP contribution in [0.4, 0.5) is 0 Å². The maximum atomic E-state index is 9.15. The largest absolute Gasteiger partial charge is 0.493 e. The SMILES string of the molecule is COc1ccc(C2OC(c3ccc(OCO)c(OCO)c3)C(C)C2C)cc1OC. The van der Waals surface area contributed by atoms with Crippen LogP contribution in [0, 0.1) is 11.8 Å². The summed E-state index contributed by atoms with van der Waals surface area (Å²) in [4.78, 5) is 0. The minimum absolute atomic E-state index is 0.106. The molecule has 4 atom stereocenters. The molecule has 0 aliphatic carbocycles. The topological polar surface area (TPSA) is 86.6 Å². The standard InChI is InChI=1S/C22H28O7/c1-13-14(2)22(16-6-8-18(27-11-23)20(10-16)28-12-24)29-21(13)15-5-7-17(25-3)19(9-15)26-4/h5-10,13-14,21-24H,11-12H2,1-4H3. The lowest BCUT2D eigenvalue weighted by molar-refractivity contribution is 0.0283. The van der Waals surface area contributed by atoms with Gasteiger partial charge in [0.15, 0.2) is 36.6 Å². The zero-order chi connectivity index (χ0) is 21.0. The Kier molecular flexibility index (Phi) is 6.84. The molecule has 1 saturated heterocycles. The van der Waals surface area contributed by atoms with Crippen molar-refractivity contribution in [2.24, 2.45) is 11.8 Å². The molecule has 0 radical (unpaired) electrons. The molecule has 1 heterocycles. The van der Waals surface area contributed by atoms with Crippen molar-refractivity contribution in [1.82, 2.24) is 0 Å². The third kappa shape index (κ3) is 4.27. The number of benzene rings is 2. The number of rotatable bonds is 8. The molecule has 2 aromatic rings. The number of aliphatic hydroxyl groups excluding tert-OH is 2. The van der Waals surface area contributed by atoms with E-state index >= 15 is 0 Å². The van der Waals surface area contributed by atoms with Crippen LogP contribution in [0.2, 0.25) is 0 Å². The summed E-state index contributed by atoms with van der Waals surface area (Å²) in [5.41, 5.74) is 1.94. The van der Waals surface area contributed by atoms with Gasteiger partial charge in [-0.25, -0.2) is 0 Å². The van der Waals surface area contributed by atoms with Gasteiger partial charge in [0.25, 0.3) is 0 Å². The fourth-order valence-corrected chi connectivity index (χ4v) is 3.82. The molecular weight excluding hydrogens is 376 g/mol. The first-order valence-corrected chi connectivity index (χ1v) is 9.52. The second kappa shape index (κ2) is 9.35. The zero-order valence-corrected chi connectivity index (χ0v) is 17.1. The molecule has 1 aliphatic rings. The van der Waals surface area contributed by atoms with E-state index in [4.69, 9.17) is 33.9 Å². The van der Waals surface area contributed by atoms with Gasteiger partial charge in [-0.2, -0.15) is 0 Å². The number of hydrogen-bond acceptors (Lipinski definition) is 7. The van der Waals surface area contributed by atoms with Crippen molar-refractivity contribution in [1.29, 1.82) is 0 Å². The van der Waals surface area contributed by atoms with E-state index in [1.807, 2.05) is 24.3 Å². The van der Waals surface area contributed by atoms with Gasteiger partial charge in [0.05, 0.1) is 26.4 Å². The Balaban J connectivity index is 1.89. The maximum absolute atomic E-state index is 9.15. The highest BCUT2D eigenvalue weighted by molar-refractivity contribution is 5.45. The molecule has 0 aromatic heterocycles. The van der Waals surface area contributed by atoms with Crippen LogP contribution < -0.4 is 18.9 Å². The first-order valence-electron chi connectivity index (χ1n) is 9.52. The second-order valence-electron chi connectivity index (χ2n) is 7.06. The van der Waals surface area contributed by atoms with Crippen molar-refractivity contribution in [2.45, 2.75) is 26.1 Å². The Labute approximate surface area is 170 Å². The predicted molar refractivity (Wildman–Crippen MR) is 106 cm³/mol. The Hall–Kier alpha value is -2.48. The quantitative estimate of drug-likeness (QED) is 0.652. The Morgan fingerprint density at radius 1 is 0.724 bits per heavy atom. The summed E-state index contributed by atoms with van der Waals surface area (Å²) in [6.07, 6.45) is -0.266. The molecule has 0 bridgehead atoms. The van der Waals surface area contributed by atoms with E-state index in [1.54, 1.807) is 26.4 Å². The Bertz CT molecular complexity index is 823. The van der Waals surface area contributed by atoms with E-state index in [0.717, 1.165) is 11.1 Å². The minimum Gasteiger partial charge on any atom is -0.493 e. The minimum atomic E-state index is -0.489. The maximum Gasteiger partial charge on any atom is 0.186 e. The first kappa shape index (κ1) is 21.2. The molecule has 0 saturated carbocycles. The van der Waals surface area contributed by atoms with Gasteiger partial charge in [0.1, 0.15) is 0 Å². The van der Waals surface area contributed by atoms with Crippen molar-refractivity contribution >= 4 is 0 Å². The highest BCUT2D eigenvalue weighted by Gasteiger charge is 2.41. The highest BCUT2D eigenvalue weighted by atomic mass is 16.6. The second-order valence-corrected chi connectivity index (χ2v) is 7.06. The van der Waals surface area contributed by atoms with Gasteiger partial charge in [0, 0.05) is 0 Å². The lowest BCUT2D eigenvalue weighted by Gasteiger charge is -2.19. The monoisotopic (exact) mass is 404 g/mol. The summed E-state index contributed by atoms with van der Waals surface area (Å²) in [5.74, 6) is 2.56. The molecule has 1 aliphatic heterocycles. The van der Waals surface area contributed by atoms with Crippen LogP contribution >= 0.6 is 0 Å². The molecule has 7 heteroatoms. The molecule has 0 spiro atoms. The van der Waals surface area contributed by atoms with Gasteiger partial charge in [0.2, 0.25) is 0 Å². The highest BCUT2D eigenvalue weighted by Crippen LogP contribution is 2.50. The number of methoxy groups -OCH3 is 2. The van der Waals surface area contributed by atoms with E-state index in [9.17, 15) is 0 Å². The van der Waals surface area contributed by atoms with Crippen molar-refractivity contribution < 1.29 is 33.9 Å². The molecule has 29 heavy (non-hydrogen) atoms. The van der Waals surface area contributed by atoms with E-state index in [1.165, 1.54) is 0 Å². The summed E-state index contributed by atoms with van der Waals surface area (Å²) in [6, 6.07) is 11.2. The Morgan fingerprint density at radius 2 is 1.21 bits per heavy atom. The van der Waals surface area contributed by atoms with Gasteiger partial charge < -0.3 is 33.9 Å². The third-order valence-corrected chi connectivity index (χ3v) is 5.55. The first-order chi connectivity index (χ1) is 14.0. The van der Waals surface area contributed by atoms with Crippen LogP contribution in [-0.4, -0.2) is 38.0 Å². The molecule has 2 aromatic carbocycles. The van der Waals surface area contributed by atoms with Crippen LogP contribution in [0.25, 0.3) is 0 Å². The normalized spacial score (nSPS) is 23.7. The van der Waals surface area contributed by atoms with E-state index in [-0.39, 0.29) is 24.0 Å². The van der Waals surface area contributed by atoms with Gasteiger partial charge in [-0.1, -0.05) is 26.0 Å². The lowest BCUT2D eigenvalue weighted by atomic mass is 9.85. The van der Waals surface area contributed by atoms with Crippen molar-refractivity contribution in [3.8, 4) is 23.0 Å². The summed E-state index contributed by atoms with van der Waals surface area (Å²) >= 11 is 0. The average molecular weight is 404 g/mol. The van der Waals surface area contributed by atoms with Crippen molar-refractivity contribution in [2.75, 3.05) is 27.8 Å². The number of hydrogen-bond donors (Lipinski definition) is 2. The van der Waals surface area contributed by atoms with Gasteiger partial charge in [-0.05, 0) is 47.2 Å². The number of aliphatic hydroxyl groups is 2. The van der Waals surface area contributed by atoms with Crippen LogP contribution in [0.15, 0.2) is 36.4 Å². The molecule has 2 N–H and O–H groups in total. The zero-order valence-electron chi connectivity index (χ0n) is 17.1. The van der Waals surface area contributed by atoms with Gasteiger partial charge >= 0.3 is 0 Å². The van der Waals surface area contributed by atoms with Crippen LogP contribution in [0.1, 0.15) is 37.2 Å². The molecule has 4 unspecified atom stereocenters. The smallest absolute Gasteiger partial charge is 0.186 e. The summed E-state index contributed by atoms with van der Waals surface area (Å²) in [6.45, 7) is 3.36. The number of ether oxygens (including phenoxy) is 5. The van der Waals surface area contributed by atoms with E-state index in [2.05, 4.69) is 13.8 Å². The molecule has 0 amide bonds. The van der Waals surface area contributed by atoms with Crippen molar-refractivity contribution in [3.05, 3.63) is 47.5 Å². The van der Waals surface area contributed by atoms with E-state index in [0.29, 0.717) is 23.0 Å². The summed E-state index contributed by atoms with van der Waals surface area (Å²) in [7, 11) is 3.23. The molecule has 1 fully saturated rings. The molecule has 158 valence electrons. The van der Waals surface area contributed by atoms with Crippen LogP contribution in [0.3, 0.4) is 0 Å². The predicted octanol–water partition coefficient (Wildman–Crippen LogP) is 3.45. The summed E-state index contributed by atoms with van der Waals surface area (Å²) in [5, 5.41) is 18.2. The van der Waals surface area contributed by atoms with Gasteiger partial charge in [-0.3, -0.25) is 0 Å². The van der Waals surface area contributed by atoms with Crippen molar-refractivity contribution in [3.63, 3.8) is 0 Å². The van der Waals surface area contributed by atoms with E-state index < -0.39 is 13.6 Å². The van der Waals surface area contributed by atoms with Gasteiger partial charge in [-0.15, -0.1) is 0 Å². The van der Waals surface area contributed by atoms with Crippen LogP contribution in [-0.2, 0) is 4.74 Å². The average Bonchev–Trinajstić information content (AvgIpc) is 3.04. The lowest BCUT2D eigenvalue weighted by Crippen LogP contribution is -2.10. The fourth-order valence-electron chi connectivity index (χ4n) is 3.82. The summed E-state index contributed by atoms with van der Waals surface area (Å²) < 4.78 is 27.6. The third-order valence-electron chi connectivity index (χ3n) is 5.55. The van der Waals surface area contributed by atoms with Crippen LogP contribution in [0.5, 0.6) is 23.0 Å². The molecular formula is C22H28O7.